The Bertz CT molecular complexity index is 767. The summed E-state index contributed by atoms with van der Waals surface area (Å²) in [4.78, 5) is 11.9. The number of carbonyl (C=O) groups excluding carboxylic acids is 1. The van der Waals surface area contributed by atoms with E-state index in [0.717, 1.165) is 7.05 Å². The maximum absolute atomic E-state index is 13.6. The Balaban J connectivity index is 3.54. The highest BCUT2D eigenvalue weighted by molar-refractivity contribution is 7.72. The molecular formula is C18H28F3NO7P2. The minimum Gasteiger partial charge on any atom is -0.308 e. The fourth-order valence-corrected chi connectivity index (χ4v) is 8.21. The number of alkyl halides is 3. The normalized spacial score (nSPS) is 12.9. The second kappa shape index (κ2) is 11.6. The molecule has 0 aromatic heterocycles. The molecule has 0 bridgehead atoms. The van der Waals surface area contributed by atoms with Gasteiger partial charge >= 0.3 is 27.3 Å². The summed E-state index contributed by atoms with van der Waals surface area (Å²) in [7, 11) is -7.21. The van der Waals surface area contributed by atoms with Gasteiger partial charge in [0.15, 0.2) is 5.40 Å². The van der Waals surface area contributed by atoms with Crippen molar-refractivity contribution in [3.63, 3.8) is 0 Å². The van der Waals surface area contributed by atoms with Crippen molar-refractivity contribution >= 4 is 26.8 Å². The summed E-state index contributed by atoms with van der Waals surface area (Å²) >= 11 is 0. The molecule has 13 heteroatoms. The number of anilines is 1. The van der Waals surface area contributed by atoms with Gasteiger partial charge in [0, 0.05) is 12.7 Å². The van der Waals surface area contributed by atoms with Crippen molar-refractivity contribution in [2.24, 2.45) is 0 Å². The molecule has 8 nitrogen and oxygen atoms in total. The van der Waals surface area contributed by atoms with Crippen LogP contribution in [0.5, 0.6) is 0 Å². The fourth-order valence-electron chi connectivity index (χ4n) is 2.79. The molecule has 0 radical (unpaired) electrons. The van der Waals surface area contributed by atoms with Gasteiger partial charge in [0.2, 0.25) is 0 Å². The monoisotopic (exact) mass is 489 g/mol. The van der Waals surface area contributed by atoms with Gasteiger partial charge in [0.25, 0.3) is 0 Å². The number of rotatable bonds is 12. The SMILES string of the molecule is CCOP(=O)(OCC)C(c1ccc(N(C)C(=O)C(F)(F)F)cc1)P(=O)(OCC)OCC. The second-order valence-electron chi connectivity index (χ2n) is 6.08. The third kappa shape index (κ3) is 6.88. The predicted molar refractivity (Wildman–Crippen MR) is 110 cm³/mol. The molecule has 0 unspecified atom stereocenters. The van der Waals surface area contributed by atoms with Crippen molar-refractivity contribution in [3.8, 4) is 0 Å². The Morgan fingerprint density at radius 2 is 1.23 bits per heavy atom. The first kappa shape index (κ1) is 27.8. The number of hydrogen-bond acceptors (Lipinski definition) is 7. The lowest BCUT2D eigenvalue weighted by molar-refractivity contribution is -0.170. The first-order valence-corrected chi connectivity index (χ1v) is 12.8. The van der Waals surface area contributed by atoms with E-state index in [1.165, 1.54) is 24.3 Å². The first-order valence-electron chi connectivity index (χ1n) is 9.62. The van der Waals surface area contributed by atoms with Crippen LogP contribution in [0.4, 0.5) is 18.9 Å². The molecule has 31 heavy (non-hydrogen) atoms. The summed E-state index contributed by atoms with van der Waals surface area (Å²) in [5.74, 6) is -2.06. The number of nitrogens with zero attached hydrogens (tertiary/aromatic N) is 1. The number of benzene rings is 1. The maximum atomic E-state index is 13.6. The number of halogens is 3. The van der Waals surface area contributed by atoms with Crippen LogP contribution in [0.2, 0.25) is 0 Å². The molecule has 0 spiro atoms. The first-order chi connectivity index (χ1) is 14.4. The van der Waals surface area contributed by atoms with Gasteiger partial charge in [-0.2, -0.15) is 13.2 Å². The van der Waals surface area contributed by atoms with Gasteiger partial charge < -0.3 is 23.0 Å². The van der Waals surface area contributed by atoms with Gasteiger partial charge in [-0.15, -0.1) is 0 Å². The van der Waals surface area contributed by atoms with Crippen LogP contribution in [-0.4, -0.2) is 45.6 Å². The third-order valence-electron chi connectivity index (χ3n) is 3.96. The van der Waals surface area contributed by atoms with E-state index in [9.17, 15) is 27.1 Å². The van der Waals surface area contributed by atoms with Crippen LogP contribution in [0, 0.1) is 0 Å². The van der Waals surface area contributed by atoms with Crippen molar-refractivity contribution in [2.45, 2.75) is 39.3 Å². The van der Waals surface area contributed by atoms with Crippen molar-refractivity contribution in [3.05, 3.63) is 29.8 Å². The molecule has 0 fully saturated rings. The highest BCUT2D eigenvalue weighted by Crippen LogP contribution is 2.78. The summed E-state index contributed by atoms with van der Waals surface area (Å²) in [6.45, 7) is 6.23. The molecule has 1 aromatic carbocycles. The quantitative estimate of drug-likeness (QED) is 0.346. The van der Waals surface area contributed by atoms with Gasteiger partial charge in [-0.3, -0.25) is 13.9 Å². The smallest absolute Gasteiger partial charge is 0.308 e. The Kier molecular flexibility index (Phi) is 10.4. The molecule has 0 atom stereocenters. The molecule has 0 aliphatic rings. The highest BCUT2D eigenvalue weighted by atomic mass is 31.2. The van der Waals surface area contributed by atoms with Gasteiger partial charge in [-0.25, -0.2) is 0 Å². The lowest BCUT2D eigenvalue weighted by atomic mass is 10.2. The van der Waals surface area contributed by atoms with Crippen LogP contribution in [0.15, 0.2) is 24.3 Å². The van der Waals surface area contributed by atoms with Crippen LogP contribution >= 0.6 is 15.2 Å². The number of amides is 1. The Morgan fingerprint density at radius 3 is 1.52 bits per heavy atom. The molecule has 1 rings (SSSR count). The lowest BCUT2D eigenvalue weighted by Crippen LogP contribution is -2.38. The van der Waals surface area contributed by atoms with Gasteiger partial charge in [-0.05, 0) is 45.4 Å². The molecule has 0 saturated carbocycles. The van der Waals surface area contributed by atoms with Gasteiger partial charge in [0.1, 0.15) is 0 Å². The zero-order chi connectivity index (χ0) is 23.9. The summed E-state index contributed by atoms with van der Waals surface area (Å²) in [6, 6.07) is 4.98. The molecule has 0 aliphatic heterocycles. The minimum absolute atomic E-state index is 0.0209. The summed E-state index contributed by atoms with van der Waals surface area (Å²) in [6.07, 6.45) is -5.05. The minimum atomic E-state index is -5.05. The molecule has 1 aromatic rings. The van der Waals surface area contributed by atoms with Crippen molar-refractivity contribution in [1.82, 2.24) is 0 Å². The Morgan fingerprint density at radius 1 is 0.871 bits per heavy atom. The van der Waals surface area contributed by atoms with Crippen LogP contribution in [0.1, 0.15) is 38.7 Å². The third-order valence-corrected chi connectivity index (χ3v) is 9.92. The lowest BCUT2D eigenvalue weighted by Gasteiger charge is -2.31. The van der Waals surface area contributed by atoms with Crippen molar-refractivity contribution in [2.75, 3.05) is 38.4 Å². The maximum Gasteiger partial charge on any atom is 0.471 e. The van der Waals surface area contributed by atoms with Crippen molar-refractivity contribution < 1.29 is 45.2 Å². The Hall–Kier alpha value is -1.22. The average Bonchev–Trinajstić information content (AvgIpc) is 2.67. The predicted octanol–water partition coefficient (Wildman–Crippen LogP) is 5.74. The van der Waals surface area contributed by atoms with Crippen molar-refractivity contribution in [1.29, 1.82) is 0 Å². The van der Waals surface area contributed by atoms with E-state index in [-0.39, 0.29) is 37.7 Å². The van der Waals surface area contributed by atoms with E-state index in [2.05, 4.69) is 0 Å². The van der Waals surface area contributed by atoms with E-state index in [0.29, 0.717) is 4.90 Å². The van der Waals surface area contributed by atoms with E-state index in [1.807, 2.05) is 0 Å². The van der Waals surface area contributed by atoms with E-state index >= 15 is 0 Å². The fraction of sp³-hybridized carbons (Fsp3) is 0.611. The largest absolute Gasteiger partial charge is 0.471 e. The Labute approximate surface area is 180 Å². The molecule has 0 aliphatic carbocycles. The zero-order valence-corrected chi connectivity index (χ0v) is 19.8. The van der Waals surface area contributed by atoms with Crippen LogP contribution < -0.4 is 4.90 Å². The zero-order valence-electron chi connectivity index (χ0n) is 18.0. The van der Waals surface area contributed by atoms with E-state index in [4.69, 9.17) is 18.1 Å². The summed E-state index contributed by atoms with van der Waals surface area (Å²) < 4.78 is 86.8. The molecule has 0 heterocycles. The van der Waals surface area contributed by atoms with E-state index in [1.54, 1.807) is 27.7 Å². The summed E-state index contributed by atoms with van der Waals surface area (Å²) in [5.41, 5.74) is 0.0715. The van der Waals surface area contributed by atoms with E-state index < -0.39 is 32.7 Å². The molecule has 1 amide bonds. The van der Waals surface area contributed by atoms with Gasteiger partial charge in [-0.1, -0.05) is 12.1 Å². The van der Waals surface area contributed by atoms with Crippen LogP contribution in [0.25, 0.3) is 0 Å². The second-order valence-corrected chi connectivity index (χ2v) is 10.7. The van der Waals surface area contributed by atoms with Gasteiger partial charge in [0.05, 0.1) is 26.4 Å². The molecule has 0 saturated heterocycles. The molecule has 0 N–H and O–H groups in total. The summed E-state index contributed by atoms with van der Waals surface area (Å²) in [5, 5.41) is -1.47. The average molecular weight is 489 g/mol. The molecular weight excluding hydrogens is 461 g/mol. The number of carbonyl (C=O) groups is 1. The number of hydrogen-bond donors (Lipinski definition) is 0. The molecule has 178 valence electrons. The standard InChI is InChI=1S/C18H28F3NO7P2/c1-6-26-30(24,27-7-2)16(31(25,28-8-3)29-9-4)14-10-12-15(13-11-14)22(5)17(23)18(19,20)21/h10-13,16H,6-9H2,1-5H3. The topological polar surface area (TPSA) is 91.4 Å². The highest BCUT2D eigenvalue weighted by Gasteiger charge is 2.52. The van der Waals surface area contributed by atoms with Crippen LogP contribution in [-0.2, 0) is 32.0 Å². The van der Waals surface area contributed by atoms with Crippen LogP contribution in [0.3, 0.4) is 0 Å².